The van der Waals surface area contributed by atoms with Crippen LogP contribution in [0.25, 0.3) is 6.08 Å². The van der Waals surface area contributed by atoms with E-state index in [2.05, 4.69) is 29.8 Å². The zero-order valence-corrected chi connectivity index (χ0v) is 18.6. The van der Waals surface area contributed by atoms with Crippen LogP contribution in [0.2, 0.25) is 0 Å². The molecule has 1 aromatic carbocycles. The van der Waals surface area contributed by atoms with Crippen LogP contribution >= 0.6 is 0 Å². The molecule has 1 aliphatic rings. The Morgan fingerprint density at radius 1 is 1.13 bits per heavy atom. The molecule has 0 atom stereocenters. The van der Waals surface area contributed by atoms with Crippen LogP contribution in [0, 0.1) is 13.8 Å². The minimum absolute atomic E-state index is 0.309. The molecule has 0 saturated heterocycles. The number of aryl methyl sites for hydroxylation is 1. The highest BCUT2D eigenvalue weighted by Gasteiger charge is 2.26. The van der Waals surface area contributed by atoms with Gasteiger partial charge in [0.25, 0.3) is 5.91 Å². The van der Waals surface area contributed by atoms with E-state index in [-0.39, 0.29) is 12.5 Å². The second kappa shape index (κ2) is 10.2. The highest BCUT2D eigenvalue weighted by Crippen LogP contribution is 2.38. The molecule has 1 aromatic heterocycles. The first kappa shape index (κ1) is 22.5. The van der Waals surface area contributed by atoms with Crippen molar-refractivity contribution in [1.29, 1.82) is 0 Å². The first-order chi connectivity index (χ1) is 14.9. The fourth-order valence-electron chi connectivity index (χ4n) is 3.64. The molecule has 0 unspecified atom stereocenters. The highest BCUT2D eigenvalue weighted by molar-refractivity contribution is 5.89. The van der Waals surface area contributed by atoms with Gasteiger partial charge in [-0.2, -0.15) is 0 Å². The molecular formula is C24H30N2O5. The van der Waals surface area contributed by atoms with E-state index in [1.54, 1.807) is 20.3 Å². The van der Waals surface area contributed by atoms with E-state index in [4.69, 9.17) is 14.2 Å². The van der Waals surface area contributed by atoms with Crippen molar-refractivity contribution in [3.63, 3.8) is 0 Å². The zero-order valence-electron chi connectivity index (χ0n) is 18.6. The maximum Gasteiger partial charge on any atom is 0.331 e. The smallest absolute Gasteiger partial charge is 0.331 e. The van der Waals surface area contributed by atoms with Gasteiger partial charge in [-0.25, -0.2) is 4.79 Å². The Labute approximate surface area is 183 Å². The van der Waals surface area contributed by atoms with E-state index in [0.29, 0.717) is 30.5 Å². The van der Waals surface area contributed by atoms with Crippen molar-refractivity contribution in [3.8, 4) is 11.5 Å². The molecule has 0 aliphatic heterocycles. The first-order valence-corrected chi connectivity index (χ1v) is 10.4. The van der Waals surface area contributed by atoms with Crippen molar-refractivity contribution in [2.75, 3.05) is 27.4 Å². The average Bonchev–Trinajstić information content (AvgIpc) is 3.55. The molecule has 0 radical (unpaired) electrons. The number of hydrogen-bond acceptors (Lipinski definition) is 5. The average molecular weight is 427 g/mol. The summed E-state index contributed by atoms with van der Waals surface area (Å²) in [6.45, 7) is 4.25. The van der Waals surface area contributed by atoms with Gasteiger partial charge in [0.15, 0.2) is 18.1 Å². The highest BCUT2D eigenvalue weighted by atomic mass is 16.5. The quantitative estimate of drug-likeness (QED) is 0.466. The van der Waals surface area contributed by atoms with Crippen molar-refractivity contribution in [1.82, 2.24) is 9.88 Å². The summed E-state index contributed by atoms with van der Waals surface area (Å²) in [5, 5.41) is 2.75. The van der Waals surface area contributed by atoms with Gasteiger partial charge in [-0.15, -0.1) is 0 Å². The van der Waals surface area contributed by atoms with Crippen LogP contribution in [0.1, 0.15) is 41.4 Å². The van der Waals surface area contributed by atoms with Crippen molar-refractivity contribution < 1.29 is 23.8 Å². The Bertz CT molecular complexity index is 973. The van der Waals surface area contributed by atoms with Gasteiger partial charge in [-0.1, -0.05) is 6.07 Å². The number of methoxy groups -OCH3 is 2. The molecule has 1 heterocycles. The lowest BCUT2D eigenvalue weighted by Crippen LogP contribution is -2.30. The zero-order chi connectivity index (χ0) is 22.4. The molecule has 31 heavy (non-hydrogen) atoms. The fourth-order valence-corrected chi connectivity index (χ4v) is 3.64. The topological polar surface area (TPSA) is 78.8 Å². The minimum atomic E-state index is -0.536. The Hall–Kier alpha value is -3.22. The molecule has 1 aliphatic carbocycles. The maximum absolute atomic E-state index is 12.0. The number of hydrogen-bond donors (Lipinski definition) is 1. The second-order valence-electron chi connectivity index (χ2n) is 7.66. The van der Waals surface area contributed by atoms with Crippen molar-refractivity contribution >= 4 is 18.0 Å². The molecule has 1 amide bonds. The van der Waals surface area contributed by atoms with Gasteiger partial charge in [0.2, 0.25) is 0 Å². The largest absolute Gasteiger partial charge is 0.493 e. The Kier molecular flexibility index (Phi) is 7.39. The number of nitrogens with one attached hydrogen (secondary N) is 1. The van der Waals surface area contributed by atoms with E-state index >= 15 is 0 Å². The number of nitrogens with zero attached hydrogens (tertiary/aromatic N) is 1. The molecule has 3 rings (SSSR count). The van der Waals surface area contributed by atoms with Crippen LogP contribution < -0.4 is 14.8 Å². The Morgan fingerprint density at radius 2 is 1.87 bits per heavy atom. The third-order valence-electron chi connectivity index (χ3n) is 5.36. The number of ether oxygens (including phenoxy) is 3. The van der Waals surface area contributed by atoms with Crippen LogP contribution in [-0.2, 0) is 20.7 Å². The lowest BCUT2D eigenvalue weighted by Gasteiger charge is -2.10. The van der Waals surface area contributed by atoms with Crippen LogP contribution in [0.5, 0.6) is 11.5 Å². The summed E-state index contributed by atoms with van der Waals surface area (Å²) in [4.78, 5) is 23.9. The molecule has 1 saturated carbocycles. The molecule has 2 aromatic rings. The van der Waals surface area contributed by atoms with Crippen LogP contribution in [0.15, 0.2) is 30.3 Å². The molecule has 0 bridgehead atoms. The summed E-state index contributed by atoms with van der Waals surface area (Å²) >= 11 is 0. The summed E-state index contributed by atoms with van der Waals surface area (Å²) < 4.78 is 17.9. The maximum atomic E-state index is 12.0. The number of aromatic nitrogens is 1. The number of carbonyl (C=O) groups is 2. The summed E-state index contributed by atoms with van der Waals surface area (Å²) in [5.41, 5.74) is 4.35. The lowest BCUT2D eigenvalue weighted by molar-refractivity contribution is -0.143. The standard InChI is InChI=1S/C24H30N2O5/c1-16-13-19(17(2)26(16)20-7-8-20)6-10-24(28)31-15-23(27)25-12-11-18-5-9-21(29-3)22(14-18)30-4/h5-6,9-10,13-14,20H,7-8,11-12,15H2,1-4H3,(H,25,27)/b10-6+. The third-order valence-corrected chi connectivity index (χ3v) is 5.36. The van der Waals surface area contributed by atoms with E-state index in [1.807, 2.05) is 18.2 Å². The normalized spacial score (nSPS) is 13.3. The summed E-state index contributed by atoms with van der Waals surface area (Å²) in [7, 11) is 3.16. The van der Waals surface area contributed by atoms with Gasteiger partial charge >= 0.3 is 5.97 Å². The van der Waals surface area contributed by atoms with Gasteiger partial charge in [-0.05, 0) is 68.5 Å². The summed E-state index contributed by atoms with van der Waals surface area (Å²) in [5.74, 6) is 0.426. The van der Waals surface area contributed by atoms with E-state index in [9.17, 15) is 9.59 Å². The molecule has 166 valence electrons. The third kappa shape index (κ3) is 5.90. The number of benzene rings is 1. The molecule has 7 heteroatoms. The Balaban J connectivity index is 1.41. The Morgan fingerprint density at radius 3 is 2.55 bits per heavy atom. The van der Waals surface area contributed by atoms with E-state index in [1.165, 1.54) is 24.6 Å². The monoisotopic (exact) mass is 426 g/mol. The SMILES string of the molecule is COc1ccc(CCNC(=O)COC(=O)/C=C/c2cc(C)n(C3CC3)c2C)cc1OC. The van der Waals surface area contributed by atoms with Gasteiger partial charge < -0.3 is 24.1 Å². The van der Waals surface area contributed by atoms with Crippen molar-refractivity contribution in [2.24, 2.45) is 0 Å². The molecule has 1 fully saturated rings. The first-order valence-electron chi connectivity index (χ1n) is 10.4. The number of amides is 1. The van der Waals surface area contributed by atoms with Gasteiger partial charge in [0.1, 0.15) is 0 Å². The molecular weight excluding hydrogens is 396 g/mol. The molecule has 0 spiro atoms. The van der Waals surface area contributed by atoms with Crippen molar-refractivity contribution in [3.05, 3.63) is 52.9 Å². The van der Waals surface area contributed by atoms with Crippen LogP contribution in [0.4, 0.5) is 0 Å². The predicted molar refractivity (Wildman–Crippen MR) is 118 cm³/mol. The van der Waals surface area contributed by atoms with Crippen molar-refractivity contribution in [2.45, 2.75) is 39.2 Å². The predicted octanol–water partition coefficient (Wildman–Crippen LogP) is 3.37. The van der Waals surface area contributed by atoms with Gasteiger partial charge in [-0.3, -0.25) is 4.79 Å². The van der Waals surface area contributed by atoms with E-state index < -0.39 is 5.97 Å². The second-order valence-corrected chi connectivity index (χ2v) is 7.66. The van der Waals surface area contributed by atoms with E-state index in [0.717, 1.165) is 16.8 Å². The van der Waals surface area contributed by atoms with Crippen LogP contribution in [-0.4, -0.2) is 43.8 Å². The fraction of sp³-hybridized carbons (Fsp3) is 0.417. The summed E-state index contributed by atoms with van der Waals surface area (Å²) in [6.07, 6.45) is 6.16. The lowest BCUT2D eigenvalue weighted by atomic mass is 10.1. The summed E-state index contributed by atoms with van der Waals surface area (Å²) in [6, 6.07) is 8.27. The number of rotatable bonds is 10. The van der Waals surface area contributed by atoms with Crippen LogP contribution in [0.3, 0.4) is 0 Å². The number of carbonyl (C=O) groups excluding carboxylic acids is 2. The van der Waals surface area contributed by atoms with Gasteiger partial charge in [0.05, 0.1) is 14.2 Å². The minimum Gasteiger partial charge on any atom is -0.493 e. The van der Waals surface area contributed by atoms with Gasteiger partial charge in [0, 0.05) is 30.1 Å². The molecule has 1 N–H and O–H groups in total. The molecule has 7 nitrogen and oxygen atoms in total. The number of esters is 1.